The maximum Gasteiger partial charge on any atom is 0.248 e. The van der Waals surface area contributed by atoms with Gasteiger partial charge in [-0.05, 0) is 72.5 Å². The molecule has 6 nitrogen and oxygen atoms in total. The zero-order chi connectivity index (χ0) is 23.5. The van der Waals surface area contributed by atoms with Crippen LogP contribution in [0.5, 0.6) is 5.75 Å². The molecule has 0 aliphatic carbocycles. The minimum absolute atomic E-state index is 0.0612. The van der Waals surface area contributed by atoms with E-state index in [1.165, 1.54) is 12.1 Å². The van der Waals surface area contributed by atoms with Gasteiger partial charge in [-0.2, -0.15) is 0 Å². The predicted molar refractivity (Wildman–Crippen MR) is 122 cm³/mol. The Balaban J connectivity index is 1.56. The minimum atomic E-state index is -0.793. The van der Waals surface area contributed by atoms with E-state index in [4.69, 9.17) is 10.5 Å². The van der Waals surface area contributed by atoms with Gasteiger partial charge >= 0.3 is 0 Å². The lowest BCUT2D eigenvalue weighted by molar-refractivity contribution is -0.131. The number of primary amides is 1. The fourth-order valence-corrected chi connectivity index (χ4v) is 4.28. The first-order valence-corrected chi connectivity index (χ1v) is 10.7. The number of β-lactam (4-membered cyclic amide) rings is 1. The highest BCUT2D eigenvalue weighted by Gasteiger charge is 2.48. The third-order valence-corrected chi connectivity index (χ3v) is 6.11. The molecule has 3 N–H and O–H groups in total. The van der Waals surface area contributed by atoms with Crippen LogP contribution in [0.3, 0.4) is 0 Å². The Morgan fingerprint density at radius 3 is 2.27 bits per heavy atom. The summed E-state index contributed by atoms with van der Waals surface area (Å²) in [5.41, 5.74) is 7.92. The number of carbonyl (C=O) groups excluding carboxylic acids is 2. The van der Waals surface area contributed by atoms with E-state index in [0.29, 0.717) is 35.4 Å². The maximum atomic E-state index is 13.2. The number of amides is 2. The molecule has 1 fully saturated rings. The first-order chi connectivity index (χ1) is 15.9. The number of ether oxygens (including phenoxy) is 1. The third kappa shape index (κ3) is 4.59. The molecule has 170 valence electrons. The van der Waals surface area contributed by atoms with Crippen molar-refractivity contribution >= 4 is 17.5 Å². The largest absolute Gasteiger partial charge is 0.497 e. The summed E-state index contributed by atoms with van der Waals surface area (Å²) in [5, 5.41) is 10.5. The monoisotopic (exact) mass is 448 g/mol. The molecule has 1 aliphatic heterocycles. The summed E-state index contributed by atoms with van der Waals surface area (Å²) in [5.74, 6) is -0.572. The Kier molecular flexibility index (Phi) is 6.42. The van der Waals surface area contributed by atoms with Crippen molar-refractivity contribution in [2.45, 2.75) is 25.0 Å². The number of rotatable bonds is 8. The van der Waals surface area contributed by atoms with Gasteiger partial charge in [-0.15, -0.1) is 0 Å². The summed E-state index contributed by atoms with van der Waals surface area (Å²) < 4.78 is 18.4. The van der Waals surface area contributed by atoms with Crippen LogP contribution in [0.4, 0.5) is 10.1 Å². The van der Waals surface area contributed by atoms with E-state index in [0.717, 1.165) is 5.56 Å². The van der Waals surface area contributed by atoms with Gasteiger partial charge in [0.2, 0.25) is 11.8 Å². The highest BCUT2D eigenvalue weighted by Crippen LogP contribution is 2.46. The second-order valence-electron chi connectivity index (χ2n) is 8.09. The van der Waals surface area contributed by atoms with E-state index in [1.54, 1.807) is 48.4 Å². The van der Waals surface area contributed by atoms with Gasteiger partial charge < -0.3 is 20.5 Å². The second kappa shape index (κ2) is 9.42. The highest BCUT2D eigenvalue weighted by atomic mass is 19.1. The van der Waals surface area contributed by atoms with Crippen LogP contribution in [0, 0.1) is 11.7 Å². The number of benzene rings is 3. The summed E-state index contributed by atoms with van der Waals surface area (Å²) in [6.45, 7) is 0. The van der Waals surface area contributed by atoms with E-state index in [-0.39, 0.29) is 23.7 Å². The molecule has 7 heteroatoms. The smallest absolute Gasteiger partial charge is 0.248 e. The number of anilines is 1. The standard InChI is InChI=1S/C26H25FN2O4/c1-33-21-12-6-17(7-13-21)24-22(14-15-23(30)16-2-8-19(27)9-3-16)26(32)29(24)20-10-4-18(5-11-20)25(28)31/h2-13,22-24,30H,14-15H2,1H3,(H2,28,31)/t22-,23+,24-/m1/s1. The number of hydrogen-bond acceptors (Lipinski definition) is 4. The van der Waals surface area contributed by atoms with Crippen molar-refractivity contribution in [3.8, 4) is 5.75 Å². The fourth-order valence-electron chi connectivity index (χ4n) is 4.28. The SMILES string of the molecule is COc1ccc([C@@H]2[C@@H](CC[C@H](O)c3ccc(F)cc3)C(=O)N2c2ccc(C(N)=O)cc2)cc1. The molecular formula is C26H25FN2O4. The first kappa shape index (κ1) is 22.5. The number of halogens is 1. The van der Waals surface area contributed by atoms with Crippen molar-refractivity contribution in [2.24, 2.45) is 11.7 Å². The molecular weight excluding hydrogens is 423 g/mol. The number of hydrogen-bond donors (Lipinski definition) is 2. The molecule has 0 bridgehead atoms. The van der Waals surface area contributed by atoms with Crippen LogP contribution in [0.2, 0.25) is 0 Å². The molecule has 1 aliphatic rings. The number of aliphatic hydroxyl groups is 1. The van der Waals surface area contributed by atoms with Crippen LogP contribution >= 0.6 is 0 Å². The normalized spacial score (nSPS) is 18.5. The molecule has 3 aromatic carbocycles. The first-order valence-electron chi connectivity index (χ1n) is 10.7. The summed E-state index contributed by atoms with van der Waals surface area (Å²) in [4.78, 5) is 26.3. The number of carbonyl (C=O) groups is 2. The van der Waals surface area contributed by atoms with Gasteiger partial charge in [-0.1, -0.05) is 24.3 Å². The number of methoxy groups -OCH3 is 1. The molecule has 1 heterocycles. The van der Waals surface area contributed by atoms with Crippen molar-refractivity contribution in [2.75, 3.05) is 12.0 Å². The Bertz CT molecular complexity index is 1130. The van der Waals surface area contributed by atoms with Crippen molar-refractivity contribution in [1.29, 1.82) is 0 Å². The lowest BCUT2D eigenvalue weighted by atomic mass is 9.78. The summed E-state index contributed by atoms with van der Waals surface area (Å²) >= 11 is 0. The van der Waals surface area contributed by atoms with E-state index in [2.05, 4.69) is 0 Å². The Morgan fingerprint density at radius 2 is 1.70 bits per heavy atom. The zero-order valence-corrected chi connectivity index (χ0v) is 18.1. The van der Waals surface area contributed by atoms with Crippen LogP contribution in [-0.4, -0.2) is 24.0 Å². The van der Waals surface area contributed by atoms with Gasteiger partial charge in [0, 0.05) is 11.3 Å². The van der Waals surface area contributed by atoms with Gasteiger partial charge in [-0.3, -0.25) is 9.59 Å². The molecule has 3 atom stereocenters. The molecule has 0 saturated carbocycles. The molecule has 1 saturated heterocycles. The summed E-state index contributed by atoms with van der Waals surface area (Å²) in [6, 6.07) is 19.6. The fraction of sp³-hybridized carbons (Fsp3) is 0.231. The minimum Gasteiger partial charge on any atom is -0.497 e. The summed E-state index contributed by atoms with van der Waals surface area (Å²) in [6.07, 6.45) is 0.0337. The Hall–Kier alpha value is -3.71. The maximum absolute atomic E-state index is 13.2. The van der Waals surface area contributed by atoms with Crippen molar-refractivity contribution < 1.29 is 23.8 Å². The average molecular weight is 448 g/mol. The number of aliphatic hydroxyl groups excluding tert-OH is 1. The lowest BCUT2D eigenvalue weighted by Crippen LogP contribution is -2.55. The van der Waals surface area contributed by atoms with Crippen LogP contribution in [-0.2, 0) is 4.79 Å². The molecule has 0 unspecified atom stereocenters. The highest BCUT2D eigenvalue weighted by molar-refractivity contribution is 6.03. The molecule has 4 rings (SSSR count). The number of nitrogens with two attached hydrogens (primary N) is 1. The van der Waals surface area contributed by atoms with Crippen LogP contribution in [0.15, 0.2) is 72.8 Å². The van der Waals surface area contributed by atoms with Gasteiger partial charge in [0.1, 0.15) is 11.6 Å². The third-order valence-electron chi connectivity index (χ3n) is 6.11. The van der Waals surface area contributed by atoms with Gasteiger partial charge in [0.25, 0.3) is 0 Å². The average Bonchev–Trinajstić information content (AvgIpc) is 2.83. The molecule has 0 aromatic heterocycles. The Labute approximate surface area is 191 Å². The van der Waals surface area contributed by atoms with Crippen molar-refractivity contribution in [1.82, 2.24) is 0 Å². The zero-order valence-electron chi connectivity index (χ0n) is 18.1. The Morgan fingerprint density at radius 1 is 1.06 bits per heavy atom. The van der Waals surface area contributed by atoms with Crippen LogP contribution in [0.25, 0.3) is 0 Å². The van der Waals surface area contributed by atoms with E-state index in [9.17, 15) is 19.1 Å². The topological polar surface area (TPSA) is 92.9 Å². The molecule has 2 amide bonds. The second-order valence-corrected chi connectivity index (χ2v) is 8.09. The van der Waals surface area contributed by atoms with E-state index >= 15 is 0 Å². The molecule has 0 spiro atoms. The molecule has 3 aromatic rings. The lowest BCUT2D eigenvalue weighted by Gasteiger charge is -2.48. The van der Waals surface area contributed by atoms with Crippen molar-refractivity contribution in [3.05, 3.63) is 95.3 Å². The summed E-state index contributed by atoms with van der Waals surface area (Å²) in [7, 11) is 1.59. The number of nitrogens with zero attached hydrogens (tertiary/aromatic N) is 1. The van der Waals surface area contributed by atoms with Crippen LogP contribution < -0.4 is 15.4 Å². The quantitative estimate of drug-likeness (QED) is 0.507. The van der Waals surface area contributed by atoms with Gasteiger partial charge in [0.05, 0.1) is 25.2 Å². The van der Waals surface area contributed by atoms with Crippen molar-refractivity contribution in [3.63, 3.8) is 0 Å². The molecule has 33 heavy (non-hydrogen) atoms. The van der Waals surface area contributed by atoms with E-state index in [1.807, 2.05) is 24.3 Å². The predicted octanol–water partition coefficient (Wildman–Crippen LogP) is 4.15. The van der Waals surface area contributed by atoms with Gasteiger partial charge in [0.15, 0.2) is 0 Å². The van der Waals surface area contributed by atoms with E-state index < -0.39 is 12.0 Å². The van der Waals surface area contributed by atoms with Gasteiger partial charge in [-0.25, -0.2) is 4.39 Å². The molecule has 0 radical (unpaired) electrons. The van der Waals surface area contributed by atoms with Crippen LogP contribution in [0.1, 0.15) is 46.5 Å².